The number of aromatic nitrogens is 5. The Morgan fingerprint density at radius 1 is 1.12 bits per heavy atom. The van der Waals surface area contributed by atoms with Crippen LogP contribution in [0.25, 0.3) is 0 Å². The standard InChI is InChI=1S/C18H24N6O2/c1-9-10(2)20-15(11(3)19-9)18(25)24-8-13(26-4)7-14(24)17-21-16(22-23-17)12-5-6-12/h12-14H,5-8H2,1-4H3,(H,21,22,23)/t13-,14+/m1/s1. The molecule has 1 saturated heterocycles. The lowest BCUT2D eigenvalue weighted by Crippen LogP contribution is -2.34. The van der Waals surface area contributed by atoms with Gasteiger partial charge in [-0.25, -0.2) is 9.97 Å². The summed E-state index contributed by atoms with van der Waals surface area (Å²) in [7, 11) is 1.67. The summed E-state index contributed by atoms with van der Waals surface area (Å²) in [5, 5.41) is 7.38. The summed E-state index contributed by atoms with van der Waals surface area (Å²) in [5.74, 6) is 1.92. The van der Waals surface area contributed by atoms with Crippen LogP contribution < -0.4 is 0 Å². The molecule has 3 heterocycles. The van der Waals surface area contributed by atoms with Crippen LogP contribution in [0.15, 0.2) is 0 Å². The summed E-state index contributed by atoms with van der Waals surface area (Å²) in [6.07, 6.45) is 2.95. The van der Waals surface area contributed by atoms with Gasteiger partial charge < -0.3 is 9.64 Å². The van der Waals surface area contributed by atoms with Gasteiger partial charge >= 0.3 is 0 Å². The van der Waals surface area contributed by atoms with Crippen molar-refractivity contribution in [3.63, 3.8) is 0 Å². The molecule has 0 spiro atoms. The first kappa shape index (κ1) is 17.1. The molecule has 1 N–H and O–H groups in total. The molecule has 0 radical (unpaired) electrons. The number of aromatic amines is 1. The van der Waals surface area contributed by atoms with Crippen molar-refractivity contribution in [2.45, 2.75) is 58.1 Å². The molecule has 2 aliphatic rings. The highest BCUT2D eigenvalue weighted by atomic mass is 16.5. The molecule has 8 heteroatoms. The number of likely N-dealkylation sites (tertiary alicyclic amines) is 1. The maximum Gasteiger partial charge on any atom is 0.275 e. The van der Waals surface area contributed by atoms with Crippen LogP contribution in [0.3, 0.4) is 0 Å². The van der Waals surface area contributed by atoms with Gasteiger partial charge in [0.1, 0.15) is 11.5 Å². The van der Waals surface area contributed by atoms with E-state index in [4.69, 9.17) is 4.74 Å². The zero-order valence-corrected chi connectivity index (χ0v) is 15.6. The van der Waals surface area contributed by atoms with E-state index in [1.807, 2.05) is 20.8 Å². The van der Waals surface area contributed by atoms with Gasteiger partial charge in [-0.3, -0.25) is 14.9 Å². The van der Waals surface area contributed by atoms with Crippen LogP contribution in [0.4, 0.5) is 0 Å². The Kier molecular flexibility index (Phi) is 4.22. The van der Waals surface area contributed by atoms with Gasteiger partial charge in [0.25, 0.3) is 5.91 Å². The lowest BCUT2D eigenvalue weighted by molar-refractivity contribution is 0.0677. The Balaban J connectivity index is 1.65. The van der Waals surface area contributed by atoms with Crippen molar-refractivity contribution in [3.05, 3.63) is 34.4 Å². The van der Waals surface area contributed by atoms with E-state index in [9.17, 15) is 4.79 Å². The largest absolute Gasteiger partial charge is 0.380 e. The van der Waals surface area contributed by atoms with Crippen molar-refractivity contribution in [1.29, 1.82) is 0 Å². The van der Waals surface area contributed by atoms with Gasteiger partial charge in [0.2, 0.25) is 0 Å². The number of hydrogen-bond acceptors (Lipinski definition) is 6. The molecule has 1 saturated carbocycles. The monoisotopic (exact) mass is 356 g/mol. The third-order valence-corrected chi connectivity index (χ3v) is 5.32. The number of H-pyrrole nitrogens is 1. The number of rotatable bonds is 4. The first-order valence-corrected chi connectivity index (χ1v) is 9.05. The molecule has 8 nitrogen and oxygen atoms in total. The molecule has 0 bridgehead atoms. The van der Waals surface area contributed by atoms with Crippen LogP contribution in [0.5, 0.6) is 0 Å². The third-order valence-electron chi connectivity index (χ3n) is 5.32. The first-order chi connectivity index (χ1) is 12.5. The molecule has 4 rings (SSSR count). The van der Waals surface area contributed by atoms with E-state index in [2.05, 4.69) is 25.1 Å². The van der Waals surface area contributed by atoms with Gasteiger partial charge in [0.05, 0.1) is 29.2 Å². The van der Waals surface area contributed by atoms with Crippen LogP contribution in [0.2, 0.25) is 0 Å². The number of nitrogens with zero attached hydrogens (tertiary/aromatic N) is 5. The van der Waals surface area contributed by atoms with Gasteiger partial charge in [0.15, 0.2) is 5.82 Å². The van der Waals surface area contributed by atoms with E-state index in [0.29, 0.717) is 30.3 Å². The molecule has 1 amide bonds. The Morgan fingerprint density at radius 2 is 1.85 bits per heavy atom. The second kappa shape index (κ2) is 6.42. The molecule has 26 heavy (non-hydrogen) atoms. The van der Waals surface area contributed by atoms with Crippen LogP contribution in [-0.2, 0) is 4.74 Å². The zero-order chi connectivity index (χ0) is 18.4. The van der Waals surface area contributed by atoms with Crippen LogP contribution in [0.1, 0.15) is 70.4 Å². The molecule has 0 aromatic carbocycles. The lowest BCUT2D eigenvalue weighted by atomic mass is 10.1. The van der Waals surface area contributed by atoms with E-state index in [0.717, 1.165) is 35.9 Å². The van der Waals surface area contributed by atoms with Gasteiger partial charge in [-0.15, -0.1) is 0 Å². The summed E-state index contributed by atoms with van der Waals surface area (Å²) in [4.78, 5) is 28.6. The smallest absolute Gasteiger partial charge is 0.275 e. The summed E-state index contributed by atoms with van der Waals surface area (Å²) < 4.78 is 5.53. The molecule has 0 unspecified atom stereocenters. The summed E-state index contributed by atoms with van der Waals surface area (Å²) >= 11 is 0. The molecule has 138 valence electrons. The highest BCUT2D eigenvalue weighted by Gasteiger charge is 2.40. The van der Waals surface area contributed by atoms with Crippen LogP contribution in [0, 0.1) is 20.8 Å². The number of hydrogen-bond donors (Lipinski definition) is 1. The van der Waals surface area contributed by atoms with Gasteiger partial charge in [-0.05, 0) is 33.6 Å². The van der Waals surface area contributed by atoms with E-state index >= 15 is 0 Å². The highest BCUT2D eigenvalue weighted by molar-refractivity contribution is 5.93. The zero-order valence-electron chi connectivity index (χ0n) is 15.6. The Bertz CT molecular complexity index is 844. The van der Waals surface area contributed by atoms with Crippen molar-refractivity contribution in [3.8, 4) is 0 Å². The third kappa shape index (κ3) is 2.98. The van der Waals surface area contributed by atoms with Crippen LogP contribution in [-0.4, -0.2) is 55.7 Å². The summed E-state index contributed by atoms with van der Waals surface area (Å²) in [6.45, 7) is 6.10. The normalized spacial score (nSPS) is 22.8. The molecule has 2 aromatic heterocycles. The van der Waals surface area contributed by atoms with E-state index < -0.39 is 0 Å². The van der Waals surface area contributed by atoms with Gasteiger partial charge in [-0.1, -0.05) is 0 Å². The Labute approximate surface area is 152 Å². The van der Waals surface area contributed by atoms with E-state index in [1.54, 1.807) is 12.0 Å². The topological polar surface area (TPSA) is 96.9 Å². The number of methoxy groups -OCH3 is 1. The maximum absolute atomic E-state index is 13.2. The fourth-order valence-electron chi connectivity index (χ4n) is 3.47. The first-order valence-electron chi connectivity index (χ1n) is 9.05. The van der Waals surface area contributed by atoms with E-state index in [1.165, 1.54) is 0 Å². The summed E-state index contributed by atoms with van der Waals surface area (Å²) in [6, 6.07) is -0.185. The predicted molar refractivity (Wildman–Crippen MR) is 93.8 cm³/mol. The maximum atomic E-state index is 13.2. The predicted octanol–water partition coefficient (Wildman–Crippen LogP) is 2.00. The minimum Gasteiger partial charge on any atom is -0.380 e. The van der Waals surface area contributed by atoms with Crippen molar-refractivity contribution in [1.82, 2.24) is 30.0 Å². The van der Waals surface area contributed by atoms with Crippen LogP contribution >= 0.6 is 0 Å². The van der Waals surface area contributed by atoms with Crippen molar-refractivity contribution in [2.75, 3.05) is 13.7 Å². The highest BCUT2D eigenvalue weighted by Crippen LogP contribution is 2.39. The number of ether oxygens (including phenoxy) is 1. The Morgan fingerprint density at radius 3 is 2.54 bits per heavy atom. The van der Waals surface area contributed by atoms with Crippen molar-refractivity contribution >= 4 is 5.91 Å². The number of amides is 1. The average Bonchev–Trinajstić information content (AvgIpc) is 3.19. The molecular formula is C18H24N6O2. The second-order valence-corrected chi connectivity index (χ2v) is 7.25. The number of carbonyl (C=O) groups is 1. The molecule has 1 aliphatic carbocycles. The van der Waals surface area contributed by atoms with Crippen molar-refractivity contribution < 1.29 is 9.53 Å². The minimum absolute atomic E-state index is 0.0294. The minimum atomic E-state index is -0.185. The number of nitrogens with one attached hydrogen (secondary N) is 1. The van der Waals surface area contributed by atoms with Gasteiger partial charge in [-0.2, -0.15) is 5.10 Å². The second-order valence-electron chi connectivity index (χ2n) is 7.25. The fourth-order valence-corrected chi connectivity index (χ4v) is 3.47. The molecular weight excluding hydrogens is 332 g/mol. The van der Waals surface area contributed by atoms with Crippen molar-refractivity contribution in [2.24, 2.45) is 0 Å². The fraction of sp³-hybridized carbons (Fsp3) is 0.611. The average molecular weight is 356 g/mol. The number of carbonyl (C=O) groups excluding carboxylic acids is 1. The molecule has 1 aliphatic heterocycles. The SMILES string of the molecule is CO[C@@H]1C[C@@H](c2nc(C3CC3)n[nH]2)N(C(=O)c2nc(C)c(C)nc2C)C1. The molecule has 2 aromatic rings. The number of aryl methyl sites for hydroxylation is 3. The molecule has 2 fully saturated rings. The Hall–Kier alpha value is -2.35. The van der Waals surface area contributed by atoms with E-state index in [-0.39, 0.29) is 18.1 Å². The molecule has 2 atom stereocenters. The lowest BCUT2D eigenvalue weighted by Gasteiger charge is -2.23. The summed E-state index contributed by atoms with van der Waals surface area (Å²) in [5.41, 5.74) is 2.66. The van der Waals surface area contributed by atoms with Gasteiger partial charge in [0, 0.05) is 26.0 Å². The quantitative estimate of drug-likeness (QED) is 0.900.